The summed E-state index contributed by atoms with van der Waals surface area (Å²) in [5.74, 6) is -0.964. The lowest BCUT2D eigenvalue weighted by Crippen LogP contribution is -2.16. The molecule has 0 spiro atoms. The maximum Gasteiger partial charge on any atom is 0.262 e. The Kier molecular flexibility index (Phi) is 4.39. The molecular formula is C15H13BrFNO2. The molecule has 0 unspecified atom stereocenters. The third kappa shape index (κ3) is 2.82. The first-order valence-electron chi connectivity index (χ1n) is 5.93. The van der Waals surface area contributed by atoms with Crippen molar-refractivity contribution in [1.82, 2.24) is 0 Å². The molecule has 1 N–H and O–H groups in total. The molecule has 1 amide bonds. The molecule has 5 heteroatoms. The Morgan fingerprint density at radius 2 is 1.95 bits per heavy atom. The average Bonchev–Trinajstić information content (AvgIpc) is 2.42. The molecule has 0 fully saturated rings. The zero-order valence-corrected chi connectivity index (χ0v) is 12.6. The van der Waals surface area contributed by atoms with Crippen molar-refractivity contribution in [3.05, 3.63) is 57.8 Å². The summed E-state index contributed by atoms with van der Waals surface area (Å²) >= 11 is 3.36. The highest BCUT2D eigenvalue weighted by atomic mass is 79.9. The van der Waals surface area contributed by atoms with Gasteiger partial charge in [0.05, 0.1) is 12.8 Å². The van der Waals surface area contributed by atoms with E-state index in [0.717, 1.165) is 10.0 Å². The first-order valence-corrected chi connectivity index (χ1v) is 6.73. The van der Waals surface area contributed by atoms with Gasteiger partial charge in [0, 0.05) is 4.47 Å². The van der Waals surface area contributed by atoms with Crippen molar-refractivity contribution in [1.29, 1.82) is 0 Å². The predicted octanol–water partition coefficient (Wildman–Crippen LogP) is 4.16. The Balaban J connectivity index is 2.39. The molecule has 0 radical (unpaired) electrons. The van der Waals surface area contributed by atoms with Crippen LogP contribution in [0.5, 0.6) is 5.75 Å². The molecule has 20 heavy (non-hydrogen) atoms. The predicted molar refractivity (Wildman–Crippen MR) is 79.8 cm³/mol. The number of nitrogens with one attached hydrogen (secondary N) is 1. The number of benzene rings is 2. The van der Waals surface area contributed by atoms with Crippen molar-refractivity contribution in [3.8, 4) is 5.75 Å². The van der Waals surface area contributed by atoms with Crippen molar-refractivity contribution >= 4 is 27.5 Å². The number of ether oxygens (including phenoxy) is 1. The van der Waals surface area contributed by atoms with Gasteiger partial charge < -0.3 is 10.1 Å². The fourth-order valence-corrected chi connectivity index (χ4v) is 2.43. The van der Waals surface area contributed by atoms with E-state index < -0.39 is 11.7 Å². The SMILES string of the molecule is COc1cccc(F)c1C(=O)Nc1c(C)cccc1Br. The molecule has 0 bridgehead atoms. The summed E-state index contributed by atoms with van der Waals surface area (Å²) in [4.78, 5) is 12.3. The number of carbonyl (C=O) groups excluding carboxylic acids is 1. The van der Waals surface area contributed by atoms with E-state index in [4.69, 9.17) is 4.74 Å². The largest absolute Gasteiger partial charge is 0.496 e. The first kappa shape index (κ1) is 14.5. The fourth-order valence-electron chi connectivity index (χ4n) is 1.86. The van der Waals surface area contributed by atoms with Gasteiger partial charge in [0.15, 0.2) is 0 Å². The molecule has 2 rings (SSSR count). The number of para-hydroxylation sites is 1. The second-order valence-electron chi connectivity index (χ2n) is 4.20. The Labute approximate surface area is 124 Å². The number of halogens is 2. The van der Waals surface area contributed by atoms with E-state index in [1.54, 1.807) is 12.1 Å². The molecule has 0 aromatic heterocycles. The summed E-state index contributed by atoms with van der Waals surface area (Å²) in [5, 5.41) is 2.70. The molecule has 0 aliphatic rings. The Morgan fingerprint density at radius 1 is 1.25 bits per heavy atom. The van der Waals surface area contributed by atoms with Crippen LogP contribution < -0.4 is 10.1 Å². The van der Waals surface area contributed by atoms with Crippen LogP contribution in [0.25, 0.3) is 0 Å². The molecule has 2 aromatic carbocycles. The zero-order valence-electron chi connectivity index (χ0n) is 11.0. The van der Waals surface area contributed by atoms with E-state index in [2.05, 4.69) is 21.2 Å². The lowest BCUT2D eigenvalue weighted by atomic mass is 10.1. The summed E-state index contributed by atoms with van der Waals surface area (Å²) < 4.78 is 19.6. The van der Waals surface area contributed by atoms with E-state index >= 15 is 0 Å². The number of hydrogen-bond donors (Lipinski definition) is 1. The highest BCUT2D eigenvalue weighted by Crippen LogP contribution is 2.28. The highest BCUT2D eigenvalue weighted by molar-refractivity contribution is 9.10. The minimum atomic E-state index is -0.619. The van der Waals surface area contributed by atoms with Gasteiger partial charge in [0.25, 0.3) is 5.91 Å². The van der Waals surface area contributed by atoms with Gasteiger partial charge >= 0.3 is 0 Å². The lowest BCUT2D eigenvalue weighted by Gasteiger charge is -2.13. The van der Waals surface area contributed by atoms with Crippen LogP contribution in [0.15, 0.2) is 40.9 Å². The number of methoxy groups -OCH3 is 1. The summed E-state index contributed by atoms with van der Waals surface area (Å²) in [6.45, 7) is 1.86. The Morgan fingerprint density at radius 3 is 2.60 bits per heavy atom. The maximum absolute atomic E-state index is 13.8. The van der Waals surface area contributed by atoms with Crippen LogP contribution in [0.4, 0.5) is 10.1 Å². The summed E-state index contributed by atoms with van der Waals surface area (Å²) in [7, 11) is 1.40. The molecule has 0 aliphatic carbocycles. The highest BCUT2D eigenvalue weighted by Gasteiger charge is 2.19. The third-order valence-corrected chi connectivity index (χ3v) is 3.54. The van der Waals surface area contributed by atoms with Crippen LogP contribution in [0.1, 0.15) is 15.9 Å². The van der Waals surface area contributed by atoms with Gasteiger partial charge in [-0.2, -0.15) is 0 Å². The monoisotopic (exact) mass is 337 g/mol. The van der Waals surface area contributed by atoms with Gasteiger partial charge in [-0.15, -0.1) is 0 Å². The molecule has 0 saturated carbocycles. The Bertz CT molecular complexity index is 638. The number of aryl methyl sites for hydroxylation is 1. The summed E-state index contributed by atoms with van der Waals surface area (Å²) in [5.41, 5.74) is 1.39. The average molecular weight is 338 g/mol. The van der Waals surface area contributed by atoms with E-state index in [0.29, 0.717) is 5.69 Å². The normalized spacial score (nSPS) is 10.2. The molecule has 0 aliphatic heterocycles. The van der Waals surface area contributed by atoms with Crippen LogP contribution in [0.2, 0.25) is 0 Å². The first-order chi connectivity index (χ1) is 9.54. The minimum Gasteiger partial charge on any atom is -0.496 e. The van der Waals surface area contributed by atoms with E-state index in [-0.39, 0.29) is 11.3 Å². The maximum atomic E-state index is 13.8. The number of carbonyl (C=O) groups is 1. The molecule has 0 heterocycles. The quantitative estimate of drug-likeness (QED) is 0.913. The standard InChI is InChI=1S/C15H13BrFNO2/c1-9-5-3-6-10(16)14(9)18-15(19)13-11(17)7-4-8-12(13)20-2/h3-8H,1-2H3,(H,18,19). The van der Waals surface area contributed by atoms with Crippen LogP contribution in [0.3, 0.4) is 0 Å². The molecule has 0 atom stereocenters. The zero-order chi connectivity index (χ0) is 14.7. The molecule has 0 saturated heterocycles. The van der Waals surface area contributed by atoms with Gasteiger partial charge in [0.2, 0.25) is 0 Å². The van der Waals surface area contributed by atoms with Crippen molar-refractivity contribution in [2.75, 3.05) is 12.4 Å². The van der Waals surface area contributed by atoms with Crippen molar-refractivity contribution in [2.45, 2.75) is 6.92 Å². The molecule has 104 valence electrons. The minimum absolute atomic E-state index is 0.106. The lowest BCUT2D eigenvalue weighted by molar-refractivity contribution is 0.102. The van der Waals surface area contributed by atoms with Crippen molar-refractivity contribution in [2.24, 2.45) is 0 Å². The third-order valence-electron chi connectivity index (χ3n) is 2.88. The van der Waals surface area contributed by atoms with Gasteiger partial charge in [0.1, 0.15) is 17.1 Å². The van der Waals surface area contributed by atoms with E-state index in [9.17, 15) is 9.18 Å². The second kappa shape index (κ2) is 6.05. The van der Waals surface area contributed by atoms with Crippen LogP contribution in [-0.4, -0.2) is 13.0 Å². The van der Waals surface area contributed by atoms with Crippen LogP contribution >= 0.6 is 15.9 Å². The molecular weight excluding hydrogens is 325 g/mol. The van der Waals surface area contributed by atoms with Gasteiger partial charge in [-0.3, -0.25) is 4.79 Å². The smallest absolute Gasteiger partial charge is 0.262 e. The van der Waals surface area contributed by atoms with Crippen molar-refractivity contribution < 1.29 is 13.9 Å². The number of anilines is 1. The topological polar surface area (TPSA) is 38.3 Å². The second-order valence-corrected chi connectivity index (χ2v) is 5.06. The van der Waals surface area contributed by atoms with Gasteiger partial charge in [-0.05, 0) is 46.6 Å². The van der Waals surface area contributed by atoms with Gasteiger partial charge in [-0.25, -0.2) is 4.39 Å². The summed E-state index contributed by atoms with van der Waals surface area (Å²) in [6.07, 6.45) is 0. The van der Waals surface area contributed by atoms with Crippen LogP contribution in [-0.2, 0) is 0 Å². The van der Waals surface area contributed by atoms with Crippen LogP contribution in [0, 0.1) is 12.7 Å². The number of hydrogen-bond acceptors (Lipinski definition) is 2. The fraction of sp³-hybridized carbons (Fsp3) is 0.133. The summed E-state index contributed by atoms with van der Waals surface area (Å²) in [6, 6.07) is 9.79. The van der Waals surface area contributed by atoms with Crippen molar-refractivity contribution in [3.63, 3.8) is 0 Å². The number of amides is 1. The molecule has 3 nitrogen and oxygen atoms in total. The molecule has 2 aromatic rings. The van der Waals surface area contributed by atoms with E-state index in [1.165, 1.54) is 19.2 Å². The van der Waals surface area contributed by atoms with E-state index in [1.807, 2.05) is 19.1 Å². The number of rotatable bonds is 3. The Hall–Kier alpha value is -1.88. The van der Waals surface area contributed by atoms with Gasteiger partial charge in [-0.1, -0.05) is 18.2 Å².